The van der Waals surface area contributed by atoms with Crippen molar-refractivity contribution in [3.8, 4) is 11.4 Å². The Bertz CT molecular complexity index is 1170. The van der Waals surface area contributed by atoms with Crippen LogP contribution in [0.15, 0.2) is 57.9 Å². The second-order valence-corrected chi connectivity index (χ2v) is 9.36. The first kappa shape index (κ1) is 21.3. The van der Waals surface area contributed by atoms with Gasteiger partial charge in [-0.3, -0.25) is 0 Å². The average molecular weight is 462 g/mol. The van der Waals surface area contributed by atoms with Crippen LogP contribution in [0.4, 0.5) is 10.5 Å². The number of rotatable bonds is 4. The SMILES string of the molecule is Cc1nc(-c2ccc(NC(=O)N3CCN(S(=O)(=O)c4ccc(Cl)cc4)CC3)cc2)no1. The van der Waals surface area contributed by atoms with E-state index in [0.29, 0.717) is 35.5 Å². The van der Waals surface area contributed by atoms with Crippen molar-refractivity contribution in [3.05, 3.63) is 59.4 Å². The highest BCUT2D eigenvalue weighted by molar-refractivity contribution is 7.89. The topological polar surface area (TPSA) is 109 Å². The summed E-state index contributed by atoms with van der Waals surface area (Å²) >= 11 is 5.84. The number of nitrogens with zero attached hydrogens (tertiary/aromatic N) is 4. The maximum atomic E-state index is 12.8. The molecule has 1 aliphatic heterocycles. The Morgan fingerprint density at radius 1 is 1.03 bits per heavy atom. The third kappa shape index (κ3) is 4.71. The molecule has 162 valence electrons. The van der Waals surface area contributed by atoms with Crippen molar-refractivity contribution in [3.63, 3.8) is 0 Å². The van der Waals surface area contributed by atoms with Crippen LogP contribution in [0.2, 0.25) is 5.02 Å². The molecule has 1 N–H and O–H groups in total. The third-order valence-corrected chi connectivity index (χ3v) is 7.06. The van der Waals surface area contributed by atoms with Crippen molar-refractivity contribution >= 4 is 33.3 Å². The van der Waals surface area contributed by atoms with Gasteiger partial charge in [0.1, 0.15) is 0 Å². The molecule has 11 heteroatoms. The molecule has 3 aromatic rings. The Balaban J connectivity index is 1.34. The fourth-order valence-electron chi connectivity index (χ4n) is 3.21. The third-order valence-electron chi connectivity index (χ3n) is 4.90. The van der Waals surface area contributed by atoms with Crippen LogP contribution in [0.5, 0.6) is 0 Å². The van der Waals surface area contributed by atoms with Crippen molar-refractivity contribution in [2.45, 2.75) is 11.8 Å². The van der Waals surface area contributed by atoms with Crippen molar-refractivity contribution in [1.29, 1.82) is 0 Å². The fraction of sp³-hybridized carbons (Fsp3) is 0.250. The second-order valence-electron chi connectivity index (χ2n) is 6.99. The van der Waals surface area contributed by atoms with E-state index in [9.17, 15) is 13.2 Å². The Labute approximate surface area is 184 Å². The number of aromatic nitrogens is 2. The smallest absolute Gasteiger partial charge is 0.321 e. The van der Waals surface area contributed by atoms with Gasteiger partial charge in [0.2, 0.25) is 21.7 Å². The lowest BCUT2D eigenvalue weighted by atomic mass is 10.2. The highest BCUT2D eigenvalue weighted by Gasteiger charge is 2.30. The Hall–Kier alpha value is -2.95. The largest absolute Gasteiger partial charge is 0.339 e. The molecule has 2 amide bonds. The van der Waals surface area contributed by atoms with Gasteiger partial charge in [0.05, 0.1) is 4.90 Å². The van der Waals surface area contributed by atoms with Crippen LogP contribution < -0.4 is 5.32 Å². The number of urea groups is 1. The van der Waals surface area contributed by atoms with Gasteiger partial charge < -0.3 is 14.7 Å². The predicted molar refractivity (Wildman–Crippen MR) is 115 cm³/mol. The Morgan fingerprint density at radius 3 is 2.26 bits per heavy atom. The molecule has 9 nitrogen and oxygen atoms in total. The first-order chi connectivity index (χ1) is 14.8. The Kier molecular flexibility index (Phi) is 5.94. The van der Waals surface area contributed by atoms with Crippen LogP contribution in [0, 0.1) is 6.92 Å². The van der Waals surface area contributed by atoms with Crippen LogP contribution in [0.25, 0.3) is 11.4 Å². The molecule has 0 aliphatic carbocycles. The lowest BCUT2D eigenvalue weighted by molar-refractivity contribution is 0.184. The summed E-state index contributed by atoms with van der Waals surface area (Å²) in [6.07, 6.45) is 0. The highest BCUT2D eigenvalue weighted by Crippen LogP contribution is 2.21. The number of piperazine rings is 1. The lowest BCUT2D eigenvalue weighted by Crippen LogP contribution is -2.51. The lowest BCUT2D eigenvalue weighted by Gasteiger charge is -2.34. The molecule has 31 heavy (non-hydrogen) atoms. The second kappa shape index (κ2) is 8.66. The number of amides is 2. The highest BCUT2D eigenvalue weighted by atomic mass is 35.5. The number of hydrogen-bond acceptors (Lipinski definition) is 6. The normalized spacial score (nSPS) is 15.1. The maximum Gasteiger partial charge on any atom is 0.321 e. The molecule has 1 saturated heterocycles. The summed E-state index contributed by atoms with van der Waals surface area (Å²) < 4.78 is 31.9. The summed E-state index contributed by atoms with van der Waals surface area (Å²) in [5, 5.41) is 7.16. The van der Waals surface area contributed by atoms with Crippen molar-refractivity contribution in [2.75, 3.05) is 31.5 Å². The molecule has 2 heterocycles. The van der Waals surface area contributed by atoms with Crippen LogP contribution in [0.1, 0.15) is 5.89 Å². The zero-order valence-electron chi connectivity index (χ0n) is 16.7. The van der Waals surface area contributed by atoms with Crippen molar-refractivity contribution in [2.24, 2.45) is 0 Å². The van der Waals surface area contributed by atoms with Gasteiger partial charge in [0, 0.05) is 49.4 Å². The van der Waals surface area contributed by atoms with Gasteiger partial charge in [0.15, 0.2) is 0 Å². The van der Waals surface area contributed by atoms with Crippen molar-refractivity contribution < 1.29 is 17.7 Å². The van der Waals surface area contributed by atoms with Gasteiger partial charge in [0.25, 0.3) is 0 Å². The number of aryl methyl sites for hydroxylation is 1. The quantitative estimate of drug-likeness (QED) is 0.638. The molecular formula is C20H20ClN5O4S. The summed E-state index contributed by atoms with van der Waals surface area (Å²) in [4.78, 5) is 18.5. The number of carbonyl (C=O) groups excluding carboxylic acids is 1. The summed E-state index contributed by atoms with van der Waals surface area (Å²) in [6, 6.07) is 12.8. The zero-order valence-corrected chi connectivity index (χ0v) is 18.2. The number of nitrogens with one attached hydrogen (secondary N) is 1. The van der Waals surface area contributed by atoms with E-state index in [2.05, 4.69) is 15.5 Å². The fourth-order valence-corrected chi connectivity index (χ4v) is 4.76. The maximum absolute atomic E-state index is 12.8. The van der Waals surface area contributed by atoms with Crippen molar-refractivity contribution in [1.82, 2.24) is 19.3 Å². The van der Waals surface area contributed by atoms with E-state index in [1.54, 1.807) is 48.2 Å². The zero-order chi connectivity index (χ0) is 22.0. The monoisotopic (exact) mass is 461 g/mol. The minimum atomic E-state index is -3.62. The minimum absolute atomic E-state index is 0.187. The van der Waals surface area contributed by atoms with Gasteiger partial charge in [-0.15, -0.1) is 0 Å². The summed E-state index contributed by atoms with van der Waals surface area (Å²) in [5.74, 6) is 0.956. The molecule has 1 aliphatic rings. The van der Waals surface area contributed by atoms with E-state index >= 15 is 0 Å². The van der Waals surface area contributed by atoms with E-state index < -0.39 is 10.0 Å². The Morgan fingerprint density at radius 2 is 1.68 bits per heavy atom. The molecule has 0 radical (unpaired) electrons. The van der Waals surface area contributed by atoms with Gasteiger partial charge in [-0.05, 0) is 48.5 Å². The summed E-state index contributed by atoms with van der Waals surface area (Å²) in [7, 11) is -3.62. The standard InChI is InChI=1S/C20H20ClN5O4S/c1-14-22-19(24-30-14)15-2-6-17(7-3-15)23-20(27)25-10-12-26(13-11-25)31(28,29)18-8-4-16(21)5-9-18/h2-9H,10-13H2,1H3,(H,23,27). The first-order valence-corrected chi connectivity index (χ1v) is 11.4. The minimum Gasteiger partial charge on any atom is -0.339 e. The number of halogens is 1. The van der Waals surface area contributed by atoms with E-state index in [4.69, 9.17) is 16.1 Å². The molecule has 0 bridgehead atoms. The molecule has 1 aromatic heterocycles. The molecule has 0 saturated carbocycles. The predicted octanol–water partition coefficient (Wildman–Crippen LogP) is 3.24. The number of benzene rings is 2. The number of anilines is 1. The van der Waals surface area contributed by atoms with Gasteiger partial charge >= 0.3 is 6.03 Å². The van der Waals surface area contributed by atoms with E-state index in [0.717, 1.165) is 5.56 Å². The molecule has 0 unspecified atom stereocenters. The van der Waals surface area contributed by atoms with Gasteiger partial charge in [-0.1, -0.05) is 16.8 Å². The molecule has 2 aromatic carbocycles. The molecule has 1 fully saturated rings. The van der Waals surface area contributed by atoms with Crippen LogP contribution in [0.3, 0.4) is 0 Å². The average Bonchev–Trinajstić information content (AvgIpc) is 3.21. The molecule has 4 rings (SSSR count). The van der Waals surface area contributed by atoms with Crippen LogP contribution >= 0.6 is 11.6 Å². The van der Waals surface area contributed by atoms with Gasteiger partial charge in [-0.2, -0.15) is 9.29 Å². The first-order valence-electron chi connectivity index (χ1n) is 9.55. The van der Waals surface area contributed by atoms with Crippen LogP contribution in [-0.2, 0) is 10.0 Å². The molecular weight excluding hydrogens is 442 g/mol. The summed E-state index contributed by atoms with van der Waals surface area (Å²) in [6.45, 7) is 2.73. The summed E-state index contributed by atoms with van der Waals surface area (Å²) in [5.41, 5.74) is 1.39. The van der Waals surface area contributed by atoms with E-state index in [-0.39, 0.29) is 24.0 Å². The number of carbonyl (C=O) groups is 1. The molecule has 0 atom stereocenters. The van der Waals surface area contributed by atoms with Crippen LogP contribution in [-0.4, -0.2) is 60.0 Å². The number of hydrogen-bond donors (Lipinski definition) is 1. The molecule has 0 spiro atoms. The van der Waals surface area contributed by atoms with Gasteiger partial charge in [-0.25, -0.2) is 13.2 Å². The number of sulfonamides is 1. The van der Waals surface area contributed by atoms with E-state index in [1.165, 1.54) is 16.4 Å². The van der Waals surface area contributed by atoms with E-state index in [1.807, 2.05) is 0 Å².